The number of aryl methyl sites for hydroxylation is 1. The van der Waals surface area contributed by atoms with Gasteiger partial charge in [0.25, 0.3) is 0 Å². The highest BCUT2D eigenvalue weighted by molar-refractivity contribution is 5.85. The molecule has 1 amide bonds. The number of fused-ring (bicyclic) bond motifs is 1. The second kappa shape index (κ2) is 9.57. The number of hydrogen-bond acceptors (Lipinski definition) is 4. The van der Waals surface area contributed by atoms with E-state index in [4.69, 9.17) is 5.73 Å². The lowest BCUT2D eigenvalue weighted by Crippen LogP contribution is -2.38. The lowest BCUT2D eigenvalue weighted by molar-refractivity contribution is -0.132. The van der Waals surface area contributed by atoms with Gasteiger partial charge in [-0.25, -0.2) is 0 Å². The maximum atomic E-state index is 12.6. The highest BCUT2D eigenvalue weighted by atomic mass is 35.5. The second-order valence-electron chi connectivity index (χ2n) is 6.47. The van der Waals surface area contributed by atoms with Gasteiger partial charge in [-0.1, -0.05) is 48.5 Å². The van der Waals surface area contributed by atoms with E-state index in [0.717, 1.165) is 28.5 Å². The topological polar surface area (TPSA) is 77.0 Å². The van der Waals surface area contributed by atoms with E-state index < -0.39 is 0 Å². The maximum Gasteiger partial charge on any atom is 0.223 e. The van der Waals surface area contributed by atoms with E-state index in [1.807, 2.05) is 59.5 Å². The number of halogens is 2. The molecule has 0 unspecified atom stereocenters. The molecule has 0 saturated carbocycles. The van der Waals surface area contributed by atoms with Crippen molar-refractivity contribution in [1.82, 2.24) is 19.7 Å². The van der Waals surface area contributed by atoms with Crippen LogP contribution in [0.1, 0.15) is 17.8 Å². The van der Waals surface area contributed by atoms with E-state index >= 15 is 0 Å². The third-order valence-electron chi connectivity index (χ3n) is 4.80. The Labute approximate surface area is 176 Å². The van der Waals surface area contributed by atoms with Crippen LogP contribution < -0.4 is 5.73 Å². The van der Waals surface area contributed by atoms with Crippen molar-refractivity contribution in [2.45, 2.75) is 25.9 Å². The Morgan fingerprint density at radius 1 is 0.964 bits per heavy atom. The molecule has 3 aromatic rings. The molecule has 0 saturated heterocycles. The zero-order valence-corrected chi connectivity index (χ0v) is 17.0. The van der Waals surface area contributed by atoms with Crippen molar-refractivity contribution in [3.63, 3.8) is 0 Å². The lowest BCUT2D eigenvalue weighted by atomic mass is 10.1. The van der Waals surface area contributed by atoms with Crippen molar-refractivity contribution >= 4 is 36.4 Å². The van der Waals surface area contributed by atoms with E-state index in [0.29, 0.717) is 32.5 Å². The van der Waals surface area contributed by atoms with Crippen LogP contribution >= 0.6 is 24.8 Å². The summed E-state index contributed by atoms with van der Waals surface area (Å²) in [5.74, 6) is 1.83. The molecule has 0 atom stereocenters. The van der Waals surface area contributed by atoms with E-state index in [1.54, 1.807) is 0 Å². The summed E-state index contributed by atoms with van der Waals surface area (Å²) in [5, 5.41) is 8.62. The van der Waals surface area contributed by atoms with E-state index in [-0.39, 0.29) is 30.7 Å². The summed E-state index contributed by atoms with van der Waals surface area (Å²) < 4.78 is 2.11. The minimum atomic E-state index is 0. The van der Waals surface area contributed by atoms with Gasteiger partial charge in [0.2, 0.25) is 5.91 Å². The summed E-state index contributed by atoms with van der Waals surface area (Å²) in [4.78, 5) is 14.5. The largest absolute Gasteiger partial charge is 0.399 e. The molecule has 1 aliphatic rings. The number of para-hydroxylation sites is 1. The number of hydrogen-bond donors (Lipinski definition) is 1. The molecule has 0 bridgehead atoms. The Bertz CT molecular complexity index is 929. The molecule has 8 heteroatoms. The van der Waals surface area contributed by atoms with Crippen LogP contribution in [0.25, 0.3) is 11.4 Å². The molecule has 1 aromatic heterocycles. The first kappa shape index (κ1) is 21.7. The number of nitrogen functional groups attached to an aromatic ring is 1. The fraction of sp³-hybridized carbons (Fsp3) is 0.250. The molecular formula is C20H23Cl2N5O. The Morgan fingerprint density at radius 2 is 1.68 bits per heavy atom. The van der Waals surface area contributed by atoms with Gasteiger partial charge in [-0.3, -0.25) is 4.79 Å². The highest BCUT2D eigenvalue weighted by Gasteiger charge is 2.24. The Kier molecular flexibility index (Phi) is 7.43. The summed E-state index contributed by atoms with van der Waals surface area (Å²) >= 11 is 0. The van der Waals surface area contributed by atoms with Crippen molar-refractivity contribution in [3.8, 4) is 11.4 Å². The van der Waals surface area contributed by atoms with Gasteiger partial charge in [0.15, 0.2) is 11.6 Å². The fourth-order valence-electron chi connectivity index (χ4n) is 3.33. The van der Waals surface area contributed by atoms with Crippen LogP contribution in [0.2, 0.25) is 0 Å². The highest BCUT2D eigenvalue weighted by Crippen LogP contribution is 2.22. The van der Waals surface area contributed by atoms with E-state index in [9.17, 15) is 4.79 Å². The maximum absolute atomic E-state index is 12.6. The third kappa shape index (κ3) is 4.46. The lowest BCUT2D eigenvalue weighted by Gasteiger charge is -2.28. The standard InChI is InChI=1S/C20H21N5O.2ClH/c21-17-9-5-4-6-15(17)10-11-19(26)24-12-13-25-18(14-24)22-23-20(25)16-7-2-1-3-8-16;;/h1-9H,10-14,21H2;2*1H. The van der Waals surface area contributed by atoms with Gasteiger partial charge in [0.1, 0.15) is 0 Å². The van der Waals surface area contributed by atoms with Crippen LogP contribution in [0, 0.1) is 0 Å². The molecule has 0 radical (unpaired) electrons. The van der Waals surface area contributed by atoms with Crippen molar-refractivity contribution in [2.24, 2.45) is 0 Å². The van der Waals surface area contributed by atoms with E-state index in [2.05, 4.69) is 14.8 Å². The smallest absolute Gasteiger partial charge is 0.223 e. The van der Waals surface area contributed by atoms with Crippen LogP contribution in [0.4, 0.5) is 5.69 Å². The molecule has 148 valence electrons. The average molecular weight is 420 g/mol. The van der Waals surface area contributed by atoms with E-state index in [1.165, 1.54) is 0 Å². The number of nitrogens with two attached hydrogens (primary N) is 1. The normalized spacial score (nSPS) is 12.5. The quantitative estimate of drug-likeness (QED) is 0.657. The van der Waals surface area contributed by atoms with Crippen molar-refractivity contribution in [1.29, 1.82) is 0 Å². The van der Waals surface area contributed by atoms with Gasteiger partial charge in [-0.05, 0) is 18.1 Å². The number of anilines is 1. The van der Waals surface area contributed by atoms with Gasteiger partial charge < -0.3 is 15.2 Å². The van der Waals surface area contributed by atoms with Crippen LogP contribution in [0.5, 0.6) is 0 Å². The second-order valence-corrected chi connectivity index (χ2v) is 6.47. The summed E-state index contributed by atoms with van der Waals surface area (Å²) in [7, 11) is 0. The van der Waals surface area contributed by atoms with Crippen LogP contribution in [0.15, 0.2) is 54.6 Å². The summed E-state index contributed by atoms with van der Waals surface area (Å²) in [6.07, 6.45) is 1.11. The number of carbonyl (C=O) groups is 1. The number of carbonyl (C=O) groups excluding carboxylic acids is 1. The van der Waals surface area contributed by atoms with Gasteiger partial charge >= 0.3 is 0 Å². The molecule has 1 aliphatic heterocycles. The first-order chi connectivity index (χ1) is 12.7. The van der Waals surface area contributed by atoms with Gasteiger partial charge in [0, 0.05) is 30.8 Å². The third-order valence-corrected chi connectivity index (χ3v) is 4.80. The summed E-state index contributed by atoms with van der Waals surface area (Å²) in [5.41, 5.74) is 8.77. The Morgan fingerprint density at radius 3 is 2.43 bits per heavy atom. The van der Waals surface area contributed by atoms with Crippen molar-refractivity contribution in [3.05, 3.63) is 66.0 Å². The monoisotopic (exact) mass is 419 g/mol. The van der Waals surface area contributed by atoms with Crippen LogP contribution in [0.3, 0.4) is 0 Å². The minimum absolute atomic E-state index is 0. The fourth-order valence-corrected chi connectivity index (χ4v) is 3.33. The molecule has 2 heterocycles. The molecule has 0 fully saturated rings. The molecule has 28 heavy (non-hydrogen) atoms. The number of benzene rings is 2. The number of nitrogens with zero attached hydrogens (tertiary/aromatic N) is 4. The number of aromatic nitrogens is 3. The summed E-state index contributed by atoms with van der Waals surface area (Å²) in [6.45, 7) is 1.89. The van der Waals surface area contributed by atoms with Gasteiger partial charge in [-0.2, -0.15) is 0 Å². The predicted molar refractivity (Wildman–Crippen MR) is 115 cm³/mol. The molecule has 2 aromatic carbocycles. The van der Waals surface area contributed by atoms with Gasteiger partial charge in [0.05, 0.1) is 6.54 Å². The average Bonchev–Trinajstić information content (AvgIpc) is 3.11. The number of amides is 1. The molecule has 6 nitrogen and oxygen atoms in total. The molecular weight excluding hydrogens is 397 g/mol. The molecule has 2 N–H and O–H groups in total. The molecule has 0 aliphatic carbocycles. The van der Waals surface area contributed by atoms with Crippen molar-refractivity contribution < 1.29 is 4.79 Å². The number of rotatable bonds is 4. The van der Waals surface area contributed by atoms with Crippen molar-refractivity contribution in [2.75, 3.05) is 12.3 Å². The Hall–Kier alpha value is -2.57. The minimum Gasteiger partial charge on any atom is -0.399 e. The molecule has 4 rings (SSSR count). The van der Waals surface area contributed by atoms with Crippen LogP contribution in [-0.2, 0) is 24.3 Å². The predicted octanol–water partition coefficient (Wildman–Crippen LogP) is 3.35. The zero-order chi connectivity index (χ0) is 17.9. The van der Waals surface area contributed by atoms with Crippen LogP contribution in [-0.4, -0.2) is 32.1 Å². The zero-order valence-electron chi connectivity index (χ0n) is 15.3. The molecule has 0 spiro atoms. The SMILES string of the molecule is Cl.Cl.Nc1ccccc1CCC(=O)N1CCn2c(nnc2-c2ccccc2)C1. The Balaban J connectivity index is 0.00000140. The van der Waals surface area contributed by atoms with Gasteiger partial charge in [-0.15, -0.1) is 35.0 Å². The summed E-state index contributed by atoms with van der Waals surface area (Å²) in [6, 6.07) is 17.7. The first-order valence-corrected chi connectivity index (χ1v) is 8.81. The first-order valence-electron chi connectivity index (χ1n) is 8.81.